The first kappa shape index (κ1) is 10.0. The summed E-state index contributed by atoms with van der Waals surface area (Å²) in [4.78, 5) is 15.1. The van der Waals surface area contributed by atoms with Gasteiger partial charge in [-0.15, -0.1) is 0 Å². The van der Waals surface area contributed by atoms with Gasteiger partial charge in [0.2, 0.25) is 5.95 Å². The molecule has 2 heterocycles. The Kier molecular flexibility index (Phi) is 2.91. The van der Waals surface area contributed by atoms with Crippen LogP contribution in [0.3, 0.4) is 0 Å². The minimum Gasteiger partial charge on any atom is -0.283 e. The van der Waals surface area contributed by atoms with Crippen molar-refractivity contribution in [2.24, 2.45) is 0 Å². The summed E-state index contributed by atoms with van der Waals surface area (Å²) < 4.78 is 12.7. The van der Waals surface area contributed by atoms with Crippen LogP contribution in [0, 0.1) is 5.95 Å². The van der Waals surface area contributed by atoms with E-state index in [1.165, 1.54) is 18.2 Å². The zero-order valence-electron chi connectivity index (χ0n) is 8.24. The van der Waals surface area contributed by atoms with Crippen molar-refractivity contribution in [1.82, 2.24) is 15.4 Å². The van der Waals surface area contributed by atoms with Gasteiger partial charge in [0.15, 0.2) is 0 Å². The molecule has 0 aromatic carbocycles. The number of hydrogen-bond donors (Lipinski definition) is 1. The van der Waals surface area contributed by atoms with Crippen molar-refractivity contribution in [3.05, 3.63) is 29.8 Å². The van der Waals surface area contributed by atoms with Crippen molar-refractivity contribution in [1.29, 1.82) is 0 Å². The van der Waals surface area contributed by atoms with Gasteiger partial charge in [0.25, 0.3) is 5.91 Å². The third kappa shape index (κ3) is 2.50. The number of halogens is 1. The normalized spacial score (nSPS) is 16.6. The molecular weight excluding hydrogens is 197 g/mol. The first-order chi connectivity index (χ1) is 7.25. The summed E-state index contributed by atoms with van der Waals surface area (Å²) in [6, 6.07) is 4.18. The molecule has 1 N–H and O–H groups in total. The molecule has 0 radical (unpaired) electrons. The maximum absolute atomic E-state index is 12.7. The van der Waals surface area contributed by atoms with Gasteiger partial charge in [-0.2, -0.15) is 4.39 Å². The fourth-order valence-electron chi connectivity index (χ4n) is 1.56. The molecule has 4 nitrogen and oxygen atoms in total. The SMILES string of the molecule is O=C(NN1CCCC1)c1cccc(F)n1. The van der Waals surface area contributed by atoms with Crippen molar-refractivity contribution in [3.63, 3.8) is 0 Å². The highest BCUT2D eigenvalue weighted by atomic mass is 19.1. The van der Waals surface area contributed by atoms with Crippen LogP contribution in [0.25, 0.3) is 0 Å². The Balaban J connectivity index is 2.01. The minimum absolute atomic E-state index is 0.113. The zero-order valence-corrected chi connectivity index (χ0v) is 8.24. The number of carbonyl (C=O) groups excluding carboxylic acids is 1. The number of carbonyl (C=O) groups is 1. The van der Waals surface area contributed by atoms with Crippen LogP contribution >= 0.6 is 0 Å². The molecule has 0 aliphatic carbocycles. The largest absolute Gasteiger partial charge is 0.284 e. The number of amides is 1. The summed E-state index contributed by atoms with van der Waals surface area (Å²) in [5.74, 6) is -0.986. The molecular formula is C10H12FN3O. The lowest BCUT2D eigenvalue weighted by Crippen LogP contribution is -2.40. The standard InChI is InChI=1S/C10H12FN3O/c11-9-5-3-4-8(12-9)10(15)13-14-6-1-2-7-14/h3-5H,1-2,6-7H2,(H,13,15). The van der Waals surface area contributed by atoms with Gasteiger partial charge in [-0.3, -0.25) is 10.2 Å². The Labute approximate surface area is 87.1 Å². The van der Waals surface area contributed by atoms with E-state index in [4.69, 9.17) is 0 Å². The molecule has 1 aliphatic rings. The summed E-state index contributed by atoms with van der Waals surface area (Å²) >= 11 is 0. The van der Waals surface area contributed by atoms with Crippen LogP contribution in [0.2, 0.25) is 0 Å². The molecule has 0 atom stereocenters. The second kappa shape index (κ2) is 4.35. The third-order valence-electron chi connectivity index (χ3n) is 2.31. The molecule has 0 unspecified atom stereocenters. The highest BCUT2D eigenvalue weighted by Crippen LogP contribution is 2.05. The molecule has 1 aromatic rings. The Hall–Kier alpha value is -1.49. The van der Waals surface area contributed by atoms with Crippen LogP contribution in [-0.4, -0.2) is 29.0 Å². The van der Waals surface area contributed by atoms with E-state index in [-0.39, 0.29) is 11.6 Å². The fourth-order valence-corrected chi connectivity index (χ4v) is 1.56. The first-order valence-electron chi connectivity index (χ1n) is 4.94. The van der Waals surface area contributed by atoms with E-state index in [9.17, 15) is 9.18 Å². The molecule has 5 heteroatoms. The van der Waals surface area contributed by atoms with Crippen LogP contribution in [0.1, 0.15) is 23.3 Å². The molecule has 1 aliphatic heterocycles. The topological polar surface area (TPSA) is 45.2 Å². The zero-order chi connectivity index (χ0) is 10.7. The average molecular weight is 209 g/mol. The Bertz CT molecular complexity index is 363. The van der Waals surface area contributed by atoms with Gasteiger partial charge >= 0.3 is 0 Å². The number of hydrazine groups is 1. The number of hydrogen-bond acceptors (Lipinski definition) is 3. The smallest absolute Gasteiger partial charge is 0.283 e. The first-order valence-corrected chi connectivity index (χ1v) is 4.94. The summed E-state index contributed by atoms with van der Waals surface area (Å²) in [5.41, 5.74) is 2.80. The van der Waals surface area contributed by atoms with Crippen molar-refractivity contribution >= 4 is 5.91 Å². The van der Waals surface area contributed by atoms with Gasteiger partial charge in [-0.25, -0.2) is 9.99 Å². The van der Waals surface area contributed by atoms with Gasteiger partial charge in [0.1, 0.15) is 5.69 Å². The van der Waals surface area contributed by atoms with Crippen molar-refractivity contribution < 1.29 is 9.18 Å². The Morgan fingerprint density at radius 3 is 2.80 bits per heavy atom. The Morgan fingerprint density at radius 1 is 1.40 bits per heavy atom. The van der Waals surface area contributed by atoms with E-state index in [1.54, 1.807) is 0 Å². The van der Waals surface area contributed by atoms with Crippen molar-refractivity contribution in [3.8, 4) is 0 Å². The molecule has 2 rings (SSSR count). The fraction of sp³-hybridized carbons (Fsp3) is 0.400. The maximum atomic E-state index is 12.7. The summed E-state index contributed by atoms with van der Waals surface area (Å²) in [6.45, 7) is 1.70. The molecule has 1 fully saturated rings. The predicted octanol–water partition coefficient (Wildman–Crippen LogP) is 0.961. The van der Waals surface area contributed by atoms with Gasteiger partial charge in [-0.1, -0.05) is 6.07 Å². The second-order valence-electron chi connectivity index (χ2n) is 3.48. The average Bonchev–Trinajstić information content (AvgIpc) is 2.70. The van der Waals surface area contributed by atoms with E-state index in [2.05, 4.69) is 10.4 Å². The van der Waals surface area contributed by atoms with E-state index in [0.717, 1.165) is 25.9 Å². The third-order valence-corrected chi connectivity index (χ3v) is 2.31. The summed E-state index contributed by atoms with van der Waals surface area (Å²) in [7, 11) is 0. The molecule has 1 saturated heterocycles. The summed E-state index contributed by atoms with van der Waals surface area (Å²) in [5, 5.41) is 1.83. The molecule has 0 spiro atoms. The lowest BCUT2D eigenvalue weighted by Gasteiger charge is -2.15. The van der Waals surface area contributed by atoms with Crippen LogP contribution < -0.4 is 5.43 Å². The molecule has 80 valence electrons. The van der Waals surface area contributed by atoms with Crippen molar-refractivity contribution in [2.45, 2.75) is 12.8 Å². The molecule has 0 bridgehead atoms. The highest BCUT2D eigenvalue weighted by Gasteiger charge is 2.15. The van der Waals surface area contributed by atoms with Crippen LogP contribution in [-0.2, 0) is 0 Å². The lowest BCUT2D eigenvalue weighted by molar-refractivity contribution is 0.0819. The highest BCUT2D eigenvalue weighted by molar-refractivity contribution is 5.91. The Morgan fingerprint density at radius 2 is 2.13 bits per heavy atom. The van der Waals surface area contributed by atoms with Crippen LogP contribution in [0.4, 0.5) is 4.39 Å². The monoisotopic (exact) mass is 209 g/mol. The molecule has 15 heavy (non-hydrogen) atoms. The summed E-state index contributed by atoms with van der Waals surface area (Å²) in [6.07, 6.45) is 2.16. The number of pyridine rings is 1. The van der Waals surface area contributed by atoms with Gasteiger partial charge in [0, 0.05) is 13.1 Å². The van der Waals surface area contributed by atoms with Crippen LogP contribution in [0.5, 0.6) is 0 Å². The predicted molar refractivity (Wildman–Crippen MR) is 52.5 cm³/mol. The van der Waals surface area contributed by atoms with E-state index >= 15 is 0 Å². The second-order valence-corrected chi connectivity index (χ2v) is 3.48. The van der Waals surface area contributed by atoms with Crippen molar-refractivity contribution in [2.75, 3.05) is 13.1 Å². The van der Waals surface area contributed by atoms with E-state index in [0.29, 0.717) is 0 Å². The number of rotatable bonds is 2. The quantitative estimate of drug-likeness (QED) is 0.738. The van der Waals surface area contributed by atoms with E-state index < -0.39 is 5.95 Å². The minimum atomic E-state index is -0.635. The van der Waals surface area contributed by atoms with Crippen LogP contribution in [0.15, 0.2) is 18.2 Å². The lowest BCUT2D eigenvalue weighted by atomic mass is 10.3. The molecule has 1 aromatic heterocycles. The number of aromatic nitrogens is 1. The van der Waals surface area contributed by atoms with Gasteiger partial charge in [-0.05, 0) is 25.0 Å². The number of nitrogens with one attached hydrogen (secondary N) is 1. The molecule has 1 amide bonds. The molecule has 0 saturated carbocycles. The number of nitrogens with zero attached hydrogens (tertiary/aromatic N) is 2. The van der Waals surface area contributed by atoms with Gasteiger partial charge in [0.05, 0.1) is 0 Å². The maximum Gasteiger partial charge on any atom is 0.284 e. The van der Waals surface area contributed by atoms with E-state index in [1.807, 2.05) is 5.01 Å². The van der Waals surface area contributed by atoms with Gasteiger partial charge < -0.3 is 0 Å².